The zero-order valence-electron chi connectivity index (χ0n) is 16.3. The van der Waals surface area contributed by atoms with E-state index in [4.69, 9.17) is 0 Å². The van der Waals surface area contributed by atoms with E-state index >= 15 is 0 Å². The van der Waals surface area contributed by atoms with Gasteiger partial charge < -0.3 is 10.2 Å². The highest BCUT2D eigenvalue weighted by Crippen LogP contribution is 2.27. The number of nitrogens with one attached hydrogen (secondary N) is 1. The highest BCUT2D eigenvalue weighted by Gasteiger charge is 2.19. The molecule has 0 aliphatic heterocycles. The van der Waals surface area contributed by atoms with Gasteiger partial charge in [-0.1, -0.05) is 58.5 Å². The number of amides is 2. The van der Waals surface area contributed by atoms with E-state index in [1.54, 1.807) is 6.07 Å². The lowest BCUT2D eigenvalue weighted by Gasteiger charge is -2.22. The summed E-state index contributed by atoms with van der Waals surface area (Å²) >= 11 is 4.66. The number of hydrogen-bond acceptors (Lipinski definition) is 5. The van der Waals surface area contributed by atoms with Crippen molar-refractivity contribution in [1.29, 1.82) is 0 Å². The summed E-state index contributed by atoms with van der Waals surface area (Å²) in [7, 11) is 0. The first-order chi connectivity index (χ1) is 14.5. The van der Waals surface area contributed by atoms with Crippen molar-refractivity contribution in [2.75, 3.05) is 18.4 Å². The van der Waals surface area contributed by atoms with Gasteiger partial charge in [0.05, 0.1) is 5.56 Å². The maximum atomic E-state index is 13.9. The monoisotopic (exact) mass is 490 g/mol. The number of carbonyl (C=O) groups excluding carboxylic acids is 2. The van der Waals surface area contributed by atoms with E-state index in [2.05, 4.69) is 31.4 Å². The fraction of sp³-hybridized carbons (Fsp3) is 0.238. The number of nitrogens with zero attached hydrogens (tertiary/aromatic N) is 3. The van der Waals surface area contributed by atoms with Gasteiger partial charge in [-0.3, -0.25) is 9.59 Å². The molecule has 0 bridgehead atoms. The predicted octanol–water partition coefficient (Wildman–Crippen LogP) is 4.99. The summed E-state index contributed by atoms with van der Waals surface area (Å²) in [5, 5.41) is 11.9. The van der Waals surface area contributed by atoms with Gasteiger partial charge in [0.2, 0.25) is 11.0 Å². The molecule has 2 aromatic carbocycles. The summed E-state index contributed by atoms with van der Waals surface area (Å²) in [5.74, 6) is -1.27. The Bertz CT molecular complexity index is 1030. The van der Waals surface area contributed by atoms with Crippen LogP contribution in [-0.4, -0.2) is 40.0 Å². The van der Waals surface area contributed by atoms with Crippen LogP contribution in [0.25, 0.3) is 10.6 Å². The van der Waals surface area contributed by atoms with Gasteiger partial charge in [-0.2, -0.15) is 0 Å². The first-order valence-electron chi connectivity index (χ1n) is 9.41. The standard InChI is InChI=1S/C21H20BrFN4O2S/c1-2-12-27(20(29)16-5-3-4-6-17(16)23)13-11-18(28)24-21-26-25-19(30-21)14-7-9-15(22)10-8-14/h3-10H,2,11-13H2,1H3,(H,24,26,28). The minimum Gasteiger partial charge on any atom is -0.338 e. The van der Waals surface area contributed by atoms with E-state index in [1.807, 2.05) is 31.2 Å². The molecule has 2 amide bonds. The van der Waals surface area contributed by atoms with Gasteiger partial charge in [0.1, 0.15) is 10.8 Å². The Labute approximate surface area is 186 Å². The zero-order valence-corrected chi connectivity index (χ0v) is 18.7. The molecular formula is C21H20BrFN4O2S. The smallest absolute Gasteiger partial charge is 0.256 e. The van der Waals surface area contributed by atoms with Gasteiger partial charge in [0.25, 0.3) is 5.91 Å². The molecule has 0 saturated carbocycles. The maximum Gasteiger partial charge on any atom is 0.256 e. The van der Waals surface area contributed by atoms with Crippen LogP contribution in [0.5, 0.6) is 0 Å². The molecule has 0 fully saturated rings. The second kappa shape index (κ2) is 10.4. The first-order valence-corrected chi connectivity index (χ1v) is 11.0. The summed E-state index contributed by atoms with van der Waals surface area (Å²) in [6.07, 6.45) is 0.780. The molecule has 0 aliphatic carbocycles. The van der Waals surface area contributed by atoms with Gasteiger partial charge in [-0.05, 0) is 30.7 Å². The van der Waals surface area contributed by atoms with Crippen LogP contribution in [0.4, 0.5) is 9.52 Å². The molecule has 0 radical (unpaired) electrons. The van der Waals surface area contributed by atoms with Crippen molar-refractivity contribution < 1.29 is 14.0 Å². The third kappa shape index (κ3) is 5.70. The number of rotatable bonds is 8. The largest absolute Gasteiger partial charge is 0.338 e. The van der Waals surface area contributed by atoms with Crippen molar-refractivity contribution in [2.45, 2.75) is 19.8 Å². The minimum absolute atomic E-state index is 0.00891. The number of halogens is 2. The summed E-state index contributed by atoms with van der Waals surface area (Å²) < 4.78 is 14.9. The minimum atomic E-state index is -0.567. The molecule has 1 N–H and O–H groups in total. The molecule has 30 heavy (non-hydrogen) atoms. The average molecular weight is 491 g/mol. The zero-order chi connectivity index (χ0) is 21.5. The van der Waals surface area contributed by atoms with E-state index < -0.39 is 11.7 Å². The Morgan fingerprint density at radius 2 is 1.83 bits per heavy atom. The van der Waals surface area contributed by atoms with Crippen LogP contribution < -0.4 is 5.32 Å². The van der Waals surface area contributed by atoms with E-state index in [1.165, 1.54) is 34.4 Å². The summed E-state index contributed by atoms with van der Waals surface area (Å²) in [6, 6.07) is 13.5. The normalized spacial score (nSPS) is 10.6. The average Bonchev–Trinajstić information content (AvgIpc) is 3.20. The lowest BCUT2D eigenvalue weighted by Crippen LogP contribution is -2.35. The molecule has 0 saturated heterocycles. The fourth-order valence-corrected chi connectivity index (χ4v) is 3.82. The highest BCUT2D eigenvalue weighted by atomic mass is 79.9. The molecule has 0 atom stereocenters. The van der Waals surface area contributed by atoms with Crippen LogP contribution in [0.3, 0.4) is 0 Å². The van der Waals surface area contributed by atoms with Gasteiger partial charge in [-0.15, -0.1) is 10.2 Å². The van der Waals surface area contributed by atoms with Crippen LogP contribution in [0.15, 0.2) is 53.0 Å². The summed E-state index contributed by atoms with van der Waals surface area (Å²) in [4.78, 5) is 26.5. The summed E-state index contributed by atoms with van der Waals surface area (Å²) in [5.41, 5.74) is 0.912. The SMILES string of the molecule is CCCN(CCC(=O)Nc1nnc(-c2ccc(Br)cc2)s1)C(=O)c1ccccc1F. The Hall–Kier alpha value is -2.65. The van der Waals surface area contributed by atoms with E-state index in [9.17, 15) is 14.0 Å². The van der Waals surface area contributed by atoms with E-state index in [0.29, 0.717) is 23.1 Å². The fourth-order valence-electron chi connectivity index (χ4n) is 2.79. The van der Waals surface area contributed by atoms with Crippen molar-refractivity contribution in [3.8, 4) is 10.6 Å². The second-order valence-electron chi connectivity index (χ2n) is 6.49. The molecular weight excluding hydrogens is 471 g/mol. The quantitative estimate of drug-likeness (QED) is 0.482. The van der Waals surface area contributed by atoms with Crippen molar-refractivity contribution in [3.63, 3.8) is 0 Å². The molecule has 1 heterocycles. The number of aromatic nitrogens is 2. The molecule has 9 heteroatoms. The Balaban J connectivity index is 1.59. The van der Waals surface area contributed by atoms with Gasteiger partial charge >= 0.3 is 0 Å². The Morgan fingerprint density at radius 3 is 2.53 bits per heavy atom. The van der Waals surface area contributed by atoms with Crippen LogP contribution in [0, 0.1) is 5.82 Å². The lowest BCUT2D eigenvalue weighted by atomic mass is 10.1. The van der Waals surface area contributed by atoms with Crippen LogP contribution in [0.1, 0.15) is 30.1 Å². The molecule has 1 aromatic heterocycles. The van der Waals surface area contributed by atoms with E-state index in [0.717, 1.165) is 10.0 Å². The van der Waals surface area contributed by atoms with Gasteiger partial charge in [-0.25, -0.2) is 4.39 Å². The molecule has 0 unspecified atom stereocenters. The van der Waals surface area contributed by atoms with Crippen molar-refractivity contribution >= 4 is 44.2 Å². The van der Waals surface area contributed by atoms with Crippen LogP contribution in [0.2, 0.25) is 0 Å². The predicted molar refractivity (Wildman–Crippen MR) is 119 cm³/mol. The second-order valence-corrected chi connectivity index (χ2v) is 8.38. The molecule has 0 aliphatic rings. The summed E-state index contributed by atoms with van der Waals surface area (Å²) in [6.45, 7) is 2.55. The van der Waals surface area contributed by atoms with Crippen LogP contribution in [-0.2, 0) is 4.79 Å². The topological polar surface area (TPSA) is 75.2 Å². The Morgan fingerprint density at radius 1 is 1.10 bits per heavy atom. The third-order valence-electron chi connectivity index (χ3n) is 4.26. The number of hydrogen-bond donors (Lipinski definition) is 1. The van der Waals surface area contributed by atoms with Crippen molar-refractivity contribution in [3.05, 3.63) is 64.4 Å². The van der Waals surface area contributed by atoms with Crippen LogP contribution >= 0.6 is 27.3 Å². The number of carbonyl (C=O) groups is 2. The Kier molecular flexibility index (Phi) is 7.64. The molecule has 6 nitrogen and oxygen atoms in total. The van der Waals surface area contributed by atoms with E-state index in [-0.39, 0.29) is 24.4 Å². The third-order valence-corrected chi connectivity index (χ3v) is 5.67. The number of anilines is 1. The van der Waals surface area contributed by atoms with Crippen molar-refractivity contribution in [1.82, 2.24) is 15.1 Å². The highest BCUT2D eigenvalue weighted by molar-refractivity contribution is 9.10. The lowest BCUT2D eigenvalue weighted by molar-refractivity contribution is -0.116. The molecule has 3 rings (SSSR count). The first kappa shape index (κ1) is 22.0. The van der Waals surface area contributed by atoms with Gasteiger partial charge in [0, 0.05) is 29.5 Å². The molecule has 3 aromatic rings. The molecule has 0 spiro atoms. The maximum absolute atomic E-state index is 13.9. The van der Waals surface area contributed by atoms with Crippen molar-refractivity contribution in [2.24, 2.45) is 0 Å². The number of benzene rings is 2. The molecule has 156 valence electrons. The van der Waals surface area contributed by atoms with Gasteiger partial charge in [0.15, 0.2) is 0 Å².